The van der Waals surface area contributed by atoms with E-state index in [0.717, 1.165) is 0 Å². The van der Waals surface area contributed by atoms with Crippen LogP contribution in [0.5, 0.6) is 0 Å². The highest BCUT2D eigenvalue weighted by Crippen LogP contribution is 2.26. The second kappa shape index (κ2) is 6.02. The predicted molar refractivity (Wildman–Crippen MR) is 72.8 cm³/mol. The third kappa shape index (κ3) is 4.32. The Hall–Kier alpha value is -1.92. The number of rotatable bonds is 4. The van der Waals surface area contributed by atoms with Gasteiger partial charge in [-0.1, -0.05) is 0 Å². The summed E-state index contributed by atoms with van der Waals surface area (Å²) < 4.78 is 36.5. The molecule has 1 aromatic rings. The van der Waals surface area contributed by atoms with E-state index in [-0.39, 0.29) is 18.1 Å². The minimum Gasteiger partial charge on any atom is -0.397 e. The zero-order chi connectivity index (χ0) is 15.5. The van der Waals surface area contributed by atoms with Crippen LogP contribution in [0.25, 0.3) is 0 Å². The normalized spacial score (nSPS) is 11.3. The molecule has 0 fully saturated rings. The van der Waals surface area contributed by atoms with Gasteiger partial charge in [0, 0.05) is 33.3 Å². The van der Waals surface area contributed by atoms with Crippen LogP contribution in [0, 0.1) is 0 Å². The van der Waals surface area contributed by atoms with E-state index < -0.39 is 12.6 Å². The molecule has 1 rings (SSSR count). The molecule has 1 amide bonds. The third-order valence-corrected chi connectivity index (χ3v) is 2.82. The Kier molecular flexibility index (Phi) is 4.86. The molecule has 7 heteroatoms. The molecule has 0 bridgehead atoms. The molecule has 0 spiro atoms. The van der Waals surface area contributed by atoms with Crippen molar-refractivity contribution in [3.63, 3.8) is 0 Å². The molecule has 0 saturated heterocycles. The second-order valence-corrected chi connectivity index (χ2v) is 4.76. The van der Waals surface area contributed by atoms with Crippen LogP contribution in [0.15, 0.2) is 18.2 Å². The highest BCUT2D eigenvalue weighted by atomic mass is 19.4. The fourth-order valence-electron chi connectivity index (χ4n) is 1.71. The van der Waals surface area contributed by atoms with E-state index in [1.807, 2.05) is 0 Å². The molecule has 0 aromatic heterocycles. The van der Waals surface area contributed by atoms with Crippen LogP contribution in [0.4, 0.5) is 24.5 Å². The molecular weight excluding hydrogens is 271 g/mol. The Bertz CT molecular complexity index is 486. The Balaban J connectivity index is 2.85. The van der Waals surface area contributed by atoms with Gasteiger partial charge in [0.15, 0.2) is 0 Å². The first-order valence-electron chi connectivity index (χ1n) is 6.01. The molecule has 4 nitrogen and oxygen atoms in total. The molecule has 0 heterocycles. The van der Waals surface area contributed by atoms with E-state index in [1.54, 1.807) is 26.2 Å². The molecular formula is C13H18F3N3O. The van der Waals surface area contributed by atoms with E-state index in [0.29, 0.717) is 11.3 Å². The number of anilines is 2. The van der Waals surface area contributed by atoms with Gasteiger partial charge in [-0.25, -0.2) is 0 Å². The molecule has 1 aromatic carbocycles. The quantitative estimate of drug-likeness (QED) is 0.866. The minimum atomic E-state index is -4.20. The van der Waals surface area contributed by atoms with E-state index in [9.17, 15) is 18.0 Å². The molecule has 2 N–H and O–H groups in total. The first kappa shape index (κ1) is 16.1. The van der Waals surface area contributed by atoms with Gasteiger partial charge in [-0.05, 0) is 18.2 Å². The van der Waals surface area contributed by atoms with Gasteiger partial charge in [-0.3, -0.25) is 4.79 Å². The Labute approximate surface area is 116 Å². The summed E-state index contributed by atoms with van der Waals surface area (Å²) in [5.74, 6) is -0.207. The molecule has 0 atom stereocenters. The average molecular weight is 289 g/mol. The number of amides is 1. The smallest absolute Gasteiger partial charge is 0.390 e. The van der Waals surface area contributed by atoms with Gasteiger partial charge in [0.25, 0.3) is 5.91 Å². The number of hydrogen-bond acceptors (Lipinski definition) is 3. The van der Waals surface area contributed by atoms with Gasteiger partial charge in [-0.15, -0.1) is 0 Å². The average Bonchev–Trinajstić information content (AvgIpc) is 2.33. The molecule has 112 valence electrons. The van der Waals surface area contributed by atoms with Crippen molar-refractivity contribution in [3.8, 4) is 0 Å². The number of carbonyl (C=O) groups excluding carboxylic acids is 1. The standard InChI is InChI=1S/C13H18F3N3O/c1-18(2)12(20)9-4-5-11(10(17)8-9)19(3)7-6-13(14,15)16/h4-5,8H,6-7,17H2,1-3H3. The number of alkyl halides is 3. The maximum Gasteiger partial charge on any atom is 0.390 e. The molecule has 0 aliphatic rings. The van der Waals surface area contributed by atoms with E-state index >= 15 is 0 Å². The Morgan fingerprint density at radius 2 is 1.85 bits per heavy atom. The predicted octanol–water partition coefficient (Wildman–Crippen LogP) is 2.36. The fraction of sp³-hybridized carbons (Fsp3) is 0.462. The molecule has 20 heavy (non-hydrogen) atoms. The molecule has 0 radical (unpaired) electrons. The fourth-order valence-corrected chi connectivity index (χ4v) is 1.71. The van der Waals surface area contributed by atoms with Crippen LogP contribution in [0.3, 0.4) is 0 Å². The highest BCUT2D eigenvalue weighted by Gasteiger charge is 2.27. The number of hydrogen-bond donors (Lipinski definition) is 1. The summed E-state index contributed by atoms with van der Waals surface area (Å²) in [5, 5.41) is 0. The van der Waals surface area contributed by atoms with Gasteiger partial charge in [0.05, 0.1) is 17.8 Å². The maximum atomic E-state index is 12.2. The Morgan fingerprint density at radius 1 is 1.25 bits per heavy atom. The van der Waals surface area contributed by atoms with Crippen molar-refractivity contribution >= 4 is 17.3 Å². The van der Waals surface area contributed by atoms with Crippen LogP contribution in [0.1, 0.15) is 16.8 Å². The zero-order valence-corrected chi connectivity index (χ0v) is 11.7. The van der Waals surface area contributed by atoms with Crippen LogP contribution in [-0.2, 0) is 0 Å². The van der Waals surface area contributed by atoms with Crippen molar-refractivity contribution in [2.45, 2.75) is 12.6 Å². The first-order valence-corrected chi connectivity index (χ1v) is 6.01. The largest absolute Gasteiger partial charge is 0.397 e. The molecule has 0 aliphatic heterocycles. The van der Waals surface area contributed by atoms with Crippen LogP contribution in [0.2, 0.25) is 0 Å². The van der Waals surface area contributed by atoms with Gasteiger partial charge >= 0.3 is 6.18 Å². The molecule has 0 unspecified atom stereocenters. The van der Waals surface area contributed by atoms with Crippen molar-refractivity contribution in [2.75, 3.05) is 38.3 Å². The number of nitrogens with zero attached hydrogens (tertiary/aromatic N) is 2. The van der Waals surface area contributed by atoms with Crippen molar-refractivity contribution in [3.05, 3.63) is 23.8 Å². The van der Waals surface area contributed by atoms with E-state index in [1.165, 1.54) is 22.9 Å². The SMILES string of the molecule is CN(C)C(=O)c1ccc(N(C)CCC(F)(F)F)c(N)c1. The van der Waals surface area contributed by atoms with Gasteiger partial charge in [-0.2, -0.15) is 13.2 Å². The lowest BCUT2D eigenvalue weighted by molar-refractivity contribution is -0.132. The molecule has 0 saturated carbocycles. The lowest BCUT2D eigenvalue weighted by atomic mass is 10.1. The molecule has 0 aliphatic carbocycles. The van der Waals surface area contributed by atoms with E-state index in [2.05, 4.69) is 0 Å². The van der Waals surface area contributed by atoms with Crippen molar-refractivity contribution in [2.24, 2.45) is 0 Å². The lowest BCUT2D eigenvalue weighted by Crippen LogP contribution is -2.25. The first-order chi connectivity index (χ1) is 9.11. The van der Waals surface area contributed by atoms with Crippen molar-refractivity contribution in [1.29, 1.82) is 0 Å². The number of carbonyl (C=O) groups is 1. The summed E-state index contributed by atoms with van der Waals surface area (Å²) in [7, 11) is 4.76. The summed E-state index contributed by atoms with van der Waals surface area (Å²) in [4.78, 5) is 14.6. The summed E-state index contributed by atoms with van der Waals surface area (Å²) in [6.07, 6.45) is -5.12. The number of benzene rings is 1. The van der Waals surface area contributed by atoms with Crippen molar-refractivity contribution < 1.29 is 18.0 Å². The third-order valence-electron chi connectivity index (χ3n) is 2.82. The van der Waals surface area contributed by atoms with Crippen LogP contribution in [-0.4, -0.2) is 44.7 Å². The number of halogens is 3. The second-order valence-electron chi connectivity index (χ2n) is 4.76. The summed E-state index contributed by atoms with van der Waals surface area (Å²) >= 11 is 0. The highest BCUT2D eigenvalue weighted by molar-refractivity contribution is 5.95. The number of nitrogens with two attached hydrogens (primary N) is 1. The minimum absolute atomic E-state index is 0.186. The zero-order valence-electron chi connectivity index (χ0n) is 11.7. The van der Waals surface area contributed by atoms with Gasteiger partial charge in [0.2, 0.25) is 0 Å². The summed E-state index contributed by atoms with van der Waals surface area (Å²) in [6.45, 7) is -0.186. The van der Waals surface area contributed by atoms with E-state index in [4.69, 9.17) is 5.73 Å². The maximum absolute atomic E-state index is 12.2. The monoisotopic (exact) mass is 289 g/mol. The summed E-state index contributed by atoms with van der Waals surface area (Å²) in [5.41, 5.74) is 6.97. The topological polar surface area (TPSA) is 49.6 Å². The van der Waals surface area contributed by atoms with Crippen molar-refractivity contribution in [1.82, 2.24) is 4.90 Å². The van der Waals surface area contributed by atoms with Crippen LogP contribution < -0.4 is 10.6 Å². The van der Waals surface area contributed by atoms with Gasteiger partial charge in [0.1, 0.15) is 0 Å². The number of nitrogen functional groups attached to an aromatic ring is 1. The Morgan fingerprint density at radius 3 is 2.30 bits per heavy atom. The van der Waals surface area contributed by atoms with Gasteiger partial charge < -0.3 is 15.5 Å². The summed E-state index contributed by atoms with van der Waals surface area (Å²) in [6, 6.07) is 4.59. The lowest BCUT2D eigenvalue weighted by Gasteiger charge is -2.22. The van der Waals surface area contributed by atoms with Crippen LogP contribution >= 0.6 is 0 Å².